The first-order valence-electron chi connectivity index (χ1n) is 3.65. The molecule has 1 aliphatic rings. The van der Waals surface area contributed by atoms with Gasteiger partial charge in [0, 0.05) is 0 Å². The first-order chi connectivity index (χ1) is 4.30. The highest BCUT2D eigenvalue weighted by atomic mass is 16.3. The summed E-state index contributed by atoms with van der Waals surface area (Å²) in [4.78, 5) is 0. The van der Waals surface area contributed by atoms with E-state index in [4.69, 9.17) is 0 Å². The fourth-order valence-electron chi connectivity index (χ4n) is 1.23. The van der Waals surface area contributed by atoms with Gasteiger partial charge in [0.2, 0.25) is 0 Å². The smallest absolute Gasteiger partial charge is 0.111 e. The third kappa shape index (κ3) is 1.83. The van der Waals surface area contributed by atoms with Crippen LogP contribution in [0.5, 0.6) is 0 Å². The number of allylic oxidation sites excluding steroid dienone is 1. The molecular formula is C8H13O. The second kappa shape index (κ2) is 3.02. The summed E-state index contributed by atoms with van der Waals surface area (Å²) in [5.74, 6) is 0. The van der Waals surface area contributed by atoms with Gasteiger partial charge in [0.1, 0.15) is 6.10 Å². The zero-order valence-electron chi connectivity index (χ0n) is 5.89. The van der Waals surface area contributed by atoms with Crippen molar-refractivity contribution >= 4 is 0 Å². The van der Waals surface area contributed by atoms with Crippen molar-refractivity contribution in [3.63, 3.8) is 0 Å². The standard InChI is InChI=1S/C8H13O/c1-7(9)8-5-3-2-4-6-8/h5,7H,2-4,6H2,1H3. The predicted molar refractivity (Wildman–Crippen MR) is 36.7 cm³/mol. The normalized spacial score (nSPS) is 23.1. The molecule has 0 aliphatic heterocycles. The van der Waals surface area contributed by atoms with Crippen LogP contribution in [0.3, 0.4) is 0 Å². The number of rotatable bonds is 1. The third-order valence-electron chi connectivity index (χ3n) is 1.85. The van der Waals surface area contributed by atoms with Crippen LogP contribution in [0.25, 0.3) is 0 Å². The van der Waals surface area contributed by atoms with Crippen molar-refractivity contribution in [2.45, 2.75) is 38.7 Å². The second-order valence-corrected chi connectivity index (χ2v) is 2.67. The molecule has 9 heavy (non-hydrogen) atoms. The Kier molecular flexibility index (Phi) is 2.29. The third-order valence-corrected chi connectivity index (χ3v) is 1.85. The molecule has 1 nitrogen and oxygen atoms in total. The summed E-state index contributed by atoms with van der Waals surface area (Å²) in [5.41, 5.74) is 1.13. The Morgan fingerprint density at radius 3 is 2.67 bits per heavy atom. The van der Waals surface area contributed by atoms with Gasteiger partial charge in [-0.2, -0.15) is 0 Å². The minimum atomic E-state index is -0.453. The van der Waals surface area contributed by atoms with Crippen LogP contribution < -0.4 is 0 Å². The summed E-state index contributed by atoms with van der Waals surface area (Å²) in [6, 6.07) is 0. The van der Waals surface area contributed by atoms with E-state index in [1.54, 1.807) is 6.92 Å². The average molecular weight is 125 g/mol. The van der Waals surface area contributed by atoms with Crippen molar-refractivity contribution in [1.29, 1.82) is 0 Å². The summed E-state index contributed by atoms with van der Waals surface area (Å²) in [5, 5.41) is 10.8. The maximum Gasteiger partial charge on any atom is 0.111 e. The largest absolute Gasteiger partial charge is 0.229 e. The SMILES string of the molecule is CC([O])C1=CCCCC1. The molecule has 0 aromatic carbocycles. The predicted octanol–water partition coefficient (Wildman–Crippen LogP) is 2.31. The van der Waals surface area contributed by atoms with Crippen LogP contribution in [-0.2, 0) is 5.11 Å². The van der Waals surface area contributed by atoms with E-state index >= 15 is 0 Å². The van der Waals surface area contributed by atoms with Crippen LogP contribution in [-0.4, -0.2) is 6.10 Å². The maximum atomic E-state index is 10.8. The quantitative estimate of drug-likeness (QED) is 0.479. The van der Waals surface area contributed by atoms with Crippen LogP contribution in [0.4, 0.5) is 0 Å². The molecule has 0 bridgehead atoms. The molecule has 1 atom stereocenters. The summed E-state index contributed by atoms with van der Waals surface area (Å²) >= 11 is 0. The monoisotopic (exact) mass is 125 g/mol. The highest BCUT2D eigenvalue weighted by Crippen LogP contribution is 2.19. The second-order valence-electron chi connectivity index (χ2n) is 2.67. The van der Waals surface area contributed by atoms with Crippen molar-refractivity contribution in [2.24, 2.45) is 0 Å². The van der Waals surface area contributed by atoms with Crippen LogP contribution >= 0.6 is 0 Å². The molecule has 0 saturated carbocycles. The van der Waals surface area contributed by atoms with Crippen LogP contribution in [0, 0.1) is 0 Å². The van der Waals surface area contributed by atoms with Crippen LogP contribution in [0.1, 0.15) is 32.6 Å². The average Bonchev–Trinajstić information content (AvgIpc) is 1.90. The topological polar surface area (TPSA) is 19.9 Å². The van der Waals surface area contributed by atoms with Gasteiger partial charge in [-0.1, -0.05) is 6.08 Å². The van der Waals surface area contributed by atoms with Gasteiger partial charge in [0.25, 0.3) is 0 Å². The van der Waals surface area contributed by atoms with Crippen LogP contribution in [0.2, 0.25) is 0 Å². The minimum absolute atomic E-state index is 0.453. The van der Waals surface area contributed by atoms with Crippen molar-refractivity contribution in [3.05, 3.63) is 11.6 Å². The molecule has 1 heteroatoms. The lowest BCUT2D eigenvalue weighted by molar-refractivity contribution is 0.131. The molecule has 0 fully saturated rings. The molecule has 1 unspecified atom stereocenters. The van der Waals surface area contributed by atoms with E-state index in [0.29, 0.717) is 0 Å². The van der Waals surface area contributed by atoms with Gasteiger partial charge in [-0.25, -0.2) is 5.11 Å². The van der Waals surface area contributed by atoms with E-state index in [1.807, 2.05) is 0 Å². The maximum absolute atomic E-state index is 10.8. The first-order valence-corrected chi connectivity index (χ1v) is 3.65. The number of hydrogen-bond donors (Lipinski definition) is 0. The molecular weight excluding hydrogens is 112 g/mol. The van der Waals surface area contributed by atoms with E-state index in [1.165, 1.54) is 12.8 Å². The highest BCUT2D eigenvalue weighted by Gasteiger charge is 2.08. The lowest BCUT2D eigenvalue weighted by atomic mass is 9.96. The molecule has 1 radical (unpaired) electrons. The molecule has 0 saturated heterocycles. The first kappa shape index (κ1) is 6.81. The van der Waals surface area contributed by atoms with Crippen LogP contribution in [0.15, 0.2) is 11.6 Å². The zero-order chi connectivity index (χ0) is 6.69. The van der Waals surface area contributed by atoms with E-state index in [9.17, 15) is 5.11 Å². The Bertz CT molecular complexity index is 114. The van der Waals surface area contributed by atoms with Gasteiger partial charge >= 0.3 is 0 Å². The number of hydrogen-bond acceptors (Lipinski definition) is 0. The highest BCUT2D eigenvalue weighted by molar-refractivity contribution is 5.08. The lowest BCUT2D eigenvalue weighted by Crippen LogP contribution is -2.05. The molecule has 0 heterocycles. The van der Waals surface area contributed by atoms with Gasteiger partial charge in [0.05, 0.1) is 0 Å². The molecule has 1 aliphatic carbocycles. The lowest BCUT2D eigenvalue weighted by Gasteiger charge is -2.12. The summed E-state index contributed by atoms with van der Waals surface area (Å²) in [7, 11) is 0. The Labute approximate surface area is 56.4 Å². The van der Waals surface area contributed by atoms with Crippen molar-refractivity contribution in [3.8, 4) is 0 Å². The van der Waals surface area contributed by atoms with E-state index in [0.717, 1.165) is 18.4 Å². The molecule has 0 aromatic heterocycles. The zero-order valence-corrected chi connectivity index (χ0v) is 5.89. The minimum Gasteiger partial charge on any atom is -0.229 e. The van der Waals surface area contributed by atoms with Gasteiger partial charge in [-0.15, -0.1) is 0 Å². The molecule has 0 spiro atoms. The van der Waals surface area contributed by atoms with Gasteiger partial charge < -0.3 is 0 Å². The summed E-state index contributed by atoms with van der Waals surface area (Å²) in [6.07, 6.45) is 6.33. The molecule has 1 rings (SSSR count). The van der Waals surface area contributed by atoms with Gasteiger partial charge in [0.15, 0.2) is 0 Å². The van der Waals surface area contributed by atoms with Gasteiger partial charge in [-0.3, -0.25) is 0 Å². The Morgan fingerprint density at radius 2 is 2.33 bits per heavy atom. The van der Waals surface area contributed by atoms with Crippen molar-refractivity contribution in [2.75, 3.05) is 0 Å². The fourth-order valence-corrected chi connectivity index (χ4v) is 1.23. The summed E-state index contributed by atoms with van der Waals surface area (Å²) < 4.78 is 0. The summed E-state index contributed by atoms with van der Waals surface area (Å²) in [6.45, 7) is 1.73. The molecule has 51 valence electrons. The molecule has 0 N–H and O–H groups in total. The molecule has 0 aromatic rings. The van der Waals surface area contributed by atoms with Gasteiger partial charge in [-0.05, 0) is 38.2 Å². The Balaban J connectivity index is 2.46. The fraction of sp³-hybridized carbons (Fsp3) is 0.750. The van der Waals surface area contributed by atoms with E-state index < -0.39 is 6.10 Å². The Hall–Kier alpha value is -0.300. The van der Waals surface area contributed by atoms with E-state index in [-0.39, 0.29) is 0 Å². The Morgan fingerprint density at radius 1 is 1.56 bits per heavy atom. The van der Waals surface area contributed by atoms with Crippen molar-refractivity contribution in [1.82, 2.24) is 0 Å². The van der Waals surface area contributed by atoms with E-state index in [2.05, 4.69) is 6.08 Å². The van der Waals surface area contributed by atoms with Crippen molar-refractivity contribution < 1.29 is 5.11 Å². The molecule has 0 amide bonds.